The number of hydrogen-bond acceptors (Lipinski definition) is 4. The molecule has 0 spiro atoms. The molecule has 0 aliphatic carbocycles. The van der Waals surface area contributed by atoms with E-state index in [1.165, 1.54) is 6.20 Å². The van der Waals surface area contributed by atoms with Crippen molar-refractivity contribution in [3.8, 4) is 17.1 Å². The third-order valence-electron chi connectivity index (χ3n) is 4.57. The summed E-state index contributed by atoms with van der Waals surface area (Å²) in [6.45, 7) is 6.20. The van der Waals surface area contributed by atoms with E-state index >= 15 is 0 Å². The van der Waals surface area contributed by atoms with Crippen molar-refractivity contribution in [3.05, 3.63) is 65.7 Å². The van der Waals surface area contributed by atoms with Gasteiger partial charge in [-0.25, -0.2) is 14.2 Å². The Morgan fingerprint density at radius 2 is 1.96 bits per heavy atom. The van der Waals surface area contributed by atoms with Gasteiger partial charge in [0.1, 0.15) is 0 Å². The van der Waals surface area contributed by atoms with E-state index in [0.717, 1.165) is 28.3 Å². The standard InChI is InChI=1S/C20H20N6O/c1-12(2)15-10-23-26(18-6-4-5-13(3)24-18)19(15)14-7-8-25-17(9-14)16(11-22-25)20(21)27/h4-12H,1-3H3,(H2,21,27). The van der Waals surface area contributed by atoms with Crippen molar-refractivity contribution in [3.63, 3.8) is 0 Å². The fraction of sp³-hybridized carbons (Fsp3) is 0.200. The van der Waals surface area contributed by atoms with Gasteiger partial charge in [-0.15, -0.1) is 0 Å². The van der Waals surface area contributed by atoms with Crippen LogP contribution in [0.1, 0.15) is 41.4 Å². The van der Waals surface area contributed by atoms with Gasteiger partial charge < -0.3 is 5.73 Å². The molecular formula is C20H20N6O. The van der Waals surface area contributed by atoms with Crippen LogP contribution in [0.25, 0.3) is 22.6 Å². The largest absolute Gasteiger partial charge is 0.365 e. The van der Waals surface area contributed by atoms with Crippen LogP contribution in [0.4, 0.5) is 0 Å². The molecule has 0 aliphatic heterocycles. The molecule has 4 aromatic heterocycles. The minimum atomic E-state index is -0.500. The Morgan fingerprint density at radius 3 is 2.67 bits per heavy atom. The smallest absolute Gasteiger partial charge is 0.252 e. The third-order valence-corrected chi connectivity index (χ3v) is 4.57. The number of fused-ring (bicyclic) bond motifs is 1. The predicted octanol–water partition coefficient (Wildman–Crippen LogP) is 3.11. The Kier molecular flexibility index (Phi) is 3.99. The van der Waals surface area contributed by atoms with E-state index in [2.05, 4.69) is 29.0 Å². The summed E-state index contributed by atoms with van der Waals surface area (Å²) in [6.07, 6.45) is 5.19. The zero-order chi connectivity index (χ0) is 19.1. The average molecular weight is 360 g/mol. The number of carbonyl (C=O) groups is 1. The van der Waals surface area contributed by atoms with Crippen LogP contribution in [0.15, 0.2) is 48.9 Å². The normalized spacial score (nSPS) is 11.4. The lowest BCUT2D eigenvalue weighted by molar-refractivity contribution is 0.100. The second kappa shape index (κ2) is 6.35. The van der Waals surface area contributed by atoms with Gasteiger partial charge in [0.05, 0.1) is 29.2 Å². The van der Waals surface area contributed by atoms with Gasteiger partial charge >= 0.3 is 0 Å². The molecule has 4 rings (SSSR count). The highest BCUT2D eigenvalue weighted by atomic mass is 16.1. The van der Waals surface area contributed by atoms with E-state index in [9.17, 15) is 4.79 Å². The molecule has 4 aromatic rings. The Bertz CT molecular complexity index is 1150. The van der Waals surface area contributed by atoms with E-state index < -0.39 is 5.91 Å². The Morgan fingerprint density at radius 1 is 1.15 bits per heavy atom. The van der Waals surface area contributed by atoms with Gasteiger partial charge in [0, 0.05) is 23.0 Å². The van der Waals surface area contributed by atoms with Gasteiger partial charge in [-0.3, -0.25) is 4.79 Å². The lowest BCUT2D eigenvalue weighted by Gasteiger charge is -2.12. The van der Waals surface area contributed by atoms with Crippen molar-refractivity contribution < 1.29 is 4.79 Å². The molecule has 2 N–H and O–H groups in total. The molecular weight excluding hydrogens is 340 g/mol. The zero-order valence-corrected chi connectivity index (χ0v) is 15.4. The fourth-order valence-electron chi connectivity index (χ4n) is 3.21. The molecule has 1 amide bonds. The van der Waals surface area contributed by atoms with Crippen molar-refractivity contribution >= 4 is 11.4 Å². The van der Waals surface area contributed by atoms with Crippen molar-refractivity contribution in [2.24, 2.45) is 5.73 Å². The quantitative estimate of drug-likeness (QED) is 0.605. The summed E-state index contributed by atoms with van der Waals surface area (Å²) in [6, 6.07) is 9.72. The van der Waals surface area contributed by atoms with E-state index in [-0.39, 0.29) is 5.92 Å². The van der Waals surface area contributed by atoms with Crippen LogP contribution < -0.4 is 5.73 Å². The van der Waals surface area contributed by atoms with Crippen LogP contribution in [-0.2, 0) is 0 Å². The number of nitrogens with zero attached hydrogens (tertiary/aromatic N) is 5. The van der Waals surface area contributed by atoms with Crippen LogP contribution in [0.3, 0.4) is 0 Å². The van der Waals surface area contributed by atoms with E-state index in [1.54, 1.807) is 4.52 Å². The van der Waals surface area contributed by atoms with E-state index in [1.807, 2.05) is 54.3 Å². The summed E-state index contributed by atoms with van der Waals surface area (Å²) < 4.78 is 3.48. The maximum Gasteiger partial charge on any atom is 0.252 e. The van der Waals surface area contributed by atoms with Crippen LogP contribution in [0.2, 0.25) is 0 Å². The molecule has 136 valence electrons. The molecule has 0 fully saturated rings. The van der Waals surface area contributed by atoms with Crippen molar-refractivity contribution in [2.75, 3.05) is 0 Å². The zero-order valence-electron chi connectivity index (χ0n) is 15.4. The first kappa shape index (κ1) is 17.0. The molecule has 0 unspecified atom stereocenters. The summed E-state index contributed by atoms with van der Waals surface area (Å²) >= 11 is 0. The maximum atomic E-state index is 11.7. The van der Waals surface area contributed by atoms with Crippen LogP contribution in [-0.4, -0.2) is 30.3 Å². The lowest BCUT2D eigenvalue weighted by Crippen LogP contribution is -2.10. The highest BCUT2D eigenvalue weighted by Gasteiger charge is 2.19. The third kappa shape index (κ3) is 2.87. The number of carbonyl (C=O) groups excluding carboxylic acids is 1. The van der Waals surface area contributed by atoms with Gasteiger partial charge in [0.25, 0.3) is 5.91 Å². The molecule has 0 saturated heterocycles. The molecule has 0 atom stereocenters. The van der Waals surface area contributed by atoms with Crippen molar-refractivity contribution in [1.82, 2.24) is 24.4 Å². The summed E-state index contributed by atoms with van der Waals surface area (Å²) in [5, 5.41) is 8.78. The van der Waals surface area contributed by atoms with Crippen LogP contribution in [0, 0.1) is 6.92 Å². The predicted molar refractivity (Wildman–Crippen MR) is 103 cm³/mol. The van der Waals surface area contributed by atoms with Crippen molar-refractivity contribution in [2.45, 2.75) is 26.7 Å². The highest BCUT2D eigenvalue weighted by Crippen LogP contribution is 2.32. The van der Waals surface area contributed by atoms with Gasteiger partial charge in [0.15, 0.2) is 5.82 Å². The number of primary amides is 1. The minimum absolute atomic E-state index is 0.273. The Balaban J connectivity index is 1.97. The number of amides is 1. The summed E-state index contributed by atoms with van der Waals surface area (Å²) in [5.74, 6) is 0.524. The number of aryl methyl sites for hydroxylation is 1. The number of hydrogen-bond donors (Lipinski definition) is 1. The maximum absolute atomic E-state index is 11.7. The molecule has 7 nitrogen and oxygen atoms in total. The molecule has 4 heterocycles. The number of rotatable bonds is 4. The van der Waals surface area contributed by atoms with Gasteiger partial charge in [-0.1, -0.05) is 19.9 Å². The number of nitrogens with two attached hydrogens (primary N) is 1. The fourth-order valence-corrected chi connectivity index (χ4v) is 3.21. The van der Waals surface area contributed by atoms with E-state index in [0.29, 0.717) is 11.1 Å². The highest BCUT2D eigenvalue weighted by molar-refractivity contribution is 6.00. The molecule has 27 heavy (non-hydrogen) atoms. The molecule has 0 radical (unpaired) electrons. The first-order valence-electron chi connectivity index (χ1n) is 8.75. The molecule has 0 saturated carbocycles. The Labute approximate surface area is 156 Å². The second-order valence-electron chi connectivity index (χ2n) is 6.82. The topological polar surface area (TPSA) is 91.1 Å². The van der Waals surface area contributed by atoms with Crippen LogP contribution >= 0.6 is 0 Å². The molecule has 7 heteroatoms. The SMILES string of the molecule is Cc1cccc(-n2ncc(C(C)C)c2-c2ccn3ncc(C(N)=O)c3c2)n1. The van der Waals surface area contributed by atoms with E-state index in [4.69, 9.17) is 5.73 Å². The summed E-state index contributed by atoms with van der Waals surface area (Å²) in [7, 11) is 0. The molecule has 0 aliphatic rings. The minimum Gasteiger partial charge on any atom is -0.365 e. The molecule has 0 aromatic carbocycles. The summed E-state index contributed by atoms with van der Waals surface area (Å²) in [4.78, 5) is 16.3. The lowest BCUT2D eigenvalue weighted by atomic mass is 9.99. The van der Waals surface area contributed by atoms with Gasteiger partial charge in [-0.05, 0) is 37.1 Å². The first-order chi connectivity index (χ1) is 13.0. The Hall–Kier alpha value is -3.48. The first-order valence-corrected chi connectivity index (χ1v) is 8.75. The number of pyridine rings is 2. The molecule has 0 bridgehead atoms. The van der Waals surface area contributed by atoms with Gasteiger partial charge in [0.2, 0.25) is 0 Å². The summed E-state index contributed by atoms with van der Waals surface area (Å²) in [5.41, 5.74) is 10.4. The second-order valence-corrected chi connectivity index (χ2v) is 6.82. The van der Waals surface area contributed by atoms with Gasteiger partial charge in [-0.2, -0.15) is 10.2 Å². The van der Waals surface area contributed by atoms with Crippen molar-refractivity contribution in [1.29, 1.82) is 0 Å². The average Bonchev–Trinajstić information content (AvgIpc) is 3.25. The monoisotopic (exact) mass is 360 g/mol. The number of aromatic nitrogens is 5. The van der Waals surface area contributed by atoms with Crippen LogP contribution in [0.5, 0.6) is 0 Å².